The van der Waals surface area contributed by atoms with Crippen molar-refractivity contribution in [3.05, 3.63) is 59.0 Å². The van der Waals surface area contributed by atoms with E-state index in [4.69, 9.17) is 15.0 Å². The van der Waals surface area contributed by atoms with Gasteiger partial charge in [-0.1, -0.05) is 33.5 Å². The molecule has 3 aromatic heterocycles. The number of benzene rings is 1. The third-order valence-electron chi connectivity index (χ3n) is 7.17. The fourth-order valence-electron chi connectivity index (χ4n) is 4.97. The van der Waals surface area contributed by atoms with E-state index in [1.54, 1.807) is 27.6 Å². The van der Waals surface area contributed by atoms with E-state index in [2.05, 4.69) is 15.6 Å². The average Bonchev–Trinajstić information content (AvgIpc) is 3.47. The number of fused-ring (bicyclic) bond motifs is 1. The second-order valence-corrected chi connectivity index (χ2v) is 11.8. The first kappa shape index (κ1) is 27.7. The lowest BCUT2D eigenvalue weighted by Crippen LogP contribution is -2.20. The van der Waals surface area contributed by atoms with Crippen molar-refractivity contribution in [1.82, 2.24) is 19.9 Å². The average molecular weight is 573 g/mol. The Bertz CT molecular complexity index is 1480. The molecule has 3 unspecified atom stereocenters. The number of halogens is 2. The number of anilines is 2. The molecule has 1 aliphatic carbocycles. The zero-order valence-corrected chi connectivity index (χ0v) is 23.8. The van der Waals surface area contributed by atoms with E-state index in [9.17, 15) is 19.0 Å². The molecule has 1 aromatic carbocycles. The molecule has 5 atom stereocenters. The van der Waals surface area contributed by atoms with Gasteiger partial charge in [0, 0.05) is 30.3 Å². The zero-order valence-electron chi connectivity index (χ0n) is 21.8. The number of nitrogens with zero attached hydrogens (tertiary/aromatic N) is 4. The molecule has 1 saturated carbocycles. The predicted molar refractivity (Wildman–Crippen MR) is 153 cm³/mol. The van der Waals surface area contributed by atoms with Crippen LogP contribution in [-0.4, -0.2) is 48.9 Å². The largest absolute Gasteiger partial charge is 0.396 e. The zero-order chi connectivity index (χ0) is 27.9. The molecule has 0 spiro atoms. The Morgan fingerprint density at radius 1 is 1.10 bits per heavy atom. The fraction of sp³-hybridized carbons (Fsp3) is 0.407. The summed E-state index contributed by atoms with van der Waals surface area (Å²) < 4.78 is 28.2. The van der Waals surface area contributed by atoms with E-state index >= 15 is 0 Å². The SMILES string of the molecule is Cc1nc(N[C@H](C)c2ccc(C(F)(F)P)cc2)nc(NC2CC(CO)[C@@H](O)C2)c1-c1nc2c(C)nccc2s1. The Hall–Kier alpha value is -2.85. The lowest BCUT2D eigenvalue weighted by molar-refractivity contribution is 0.0908. The lowest BCUT2D eigenvalue weighted by atomic mass is 10.1. The maximum absolute atomic E-state index is 13.6. The molecule has 12 heteroatoms. The molecule has 4 N–H and O–H groups in total. The maximum Gasteiger partial charge on any atom is 0.283 e. The molecule has 0 radical (unpaired) electrons. The summed E-state index contributed by atoms with van der Waals surface area (Å²) in [6.45, 7) is 5.65. The van der Waals surface area contributed by atoms with E-state index in [1.807, 2.05) is 26.8 Å². The minimum atomic E-state index is -2.98. The highest BCUT2D eigenvalue weighted by atomic mass is 32.1. The molecule has 0 aliphatic heterocycles. The number of nitrogens with one attached hydrogen (secondary N) is 2. The summed E-state index contributed by atoms with van der Waals surface area (Å²) in [5.41, 5.74) is 0.897. The van der Waals surface area contributed by atoms with Gasteiger partial charge in [-0.05, 0) is 45.2 Å². The molecule has 0 amide bonds. The van der Waals surface area contributed by atoms with Crippen LogP contribution in [0, 0.1) is 19.8 Å². The van der Waals surface area contributed by atoms with E-state index in [0.717, 1.165) is 32.0 Å². The highest BCUT2D eigenvalue weighted by Gasteiger charge is 2.33. The second kappa shape index (κ2) is 11.0. The molecule has 8 nitrogen and oxygen atoms in total. The van der Waals surface area contributed by atoms with E-state index in [1.165, 1.54) is 23.5 Å². The van der Waals surface area contributed by atoms with Crippen LogP contribution >= 0.6 is 20.6 Å². The van der Waals surface area contributed by atoms with Crippen LogP contribution in [0.3, 0.4) is 0 Å². The first-order valence-corrected chi connectivity index (χ1v) is 14.1. The second-order valence-electron chi connectivity index (χ2n) is 10.1. The highest BCUT2D eigenvalue weighted by molar-refractivity contribution is 7.21. The first-order chi connectivity index (χ1) is 18.5. The Morgan fingerprint density at radius 3 is 2.49 bits per heavy atom. The van der Waals surface area contributed by atoms with Crippen molar-refractivity contribution in [3.8, 4) is 10.6 Å². The van der Waals surface area contributed by atoms with Crippen LogP contribution in [0.5, 0.6) is 0 Å². The molecule has 0 saturated heterocycles. The minimum Gasteiger partial charge on any atom is -0.396 e. The summed E-state index contributed by atoms with van der Waals surface area (Å²) >= 11 is 1.53. The number of rotatable bonds is 8. The molecule has 4 aromatic rings. The summed E-state index contributed by atoms with van der Waals surface area (Å²) in [5, 5.41) is 27.5. The van der Waals surface area contributed by atoms with E-state index in [0.29, 0.717) is 30.3 Å². The predicted octanol–water partition coefficient (Wildman–Crippen LogP) is 5.41. The van der Waals surface area contributed by atoms with E-state index < -0.39 is 11.8 Å². The number of hydrogen-bond donors (Lipinski definition) is 4. The van der Waals surface area contributed by atoms with Crippen molar-refractivity contribution in [2.45, 2.75) is 57.5 Å². The summed E-state index contributed by atoms with van der Waals surface area (Å²) in [6, 6.07) is 7.75. The van der Waals surface area contributed by atoms with Crippen molar-refractivity contribution >= 4 is 42.6 Å². The number of aromatic nitrogens is 4. The van der Waals surface area contributed by atoms with Crippen LogP contribution in [0.4, 0.5) is 20.5 Å². The summed E-state index contributed by atoms with van der Waals surface area (Å²) in [4.78, 5) is 18.7. The maximum atomic E-state index is 13.6. The standard InChI is InChI=1S/C27H31F2N6O2PS/c1-13(16-4-6-18(7-5-16)27(28,29)38)31-26-32-14(2)22(25-34-23-15(3)30-9-8-21(23)39-25)24(35-26)33-19-10-17(12-36)20(37)11-19/h4-9,13,17,19-20,36-37H,10-12,38H2,1-3H3,(H2,31,32,33,35)/t13-,17?,19?,20+/m1/s1. The van der Waals surface area contributed by atoms with Gasteiger partial charge >= 0.3 is 0 Å². The number of aryl methyl sites for hydroxylation is 2. The number of thiazole rings is 1. The van der Waals surface area contributed by atoms with Gasteiger partial charge in [0.15, 0.2) is 0 Å². The fourth-order valence-corrected chi connectivity index (χ4v) is 6.27. The molecular formula is C27H31F2N6O2PS. The van der Waals surface area contributed by atoms with Crippen LogP contribution in [0.1, 0.15) is 48.3 Å². The van der Waals surface area contributed by atoms with Crippen LogP contribution < -0.4 is 10.6 Å². The van der Waals surface area contributed by atoms with E-state index in [-0.39, 0.29) is 30.2 Å². The van der Waals surface area contributed by atoms with Crippen LogP contribution in [-0.2, 0) is 5.66 Å². The number of hydrogen-bond acceptors (Lipinski definition) is 9. The Morgan fingerprint density at radius 2 is 1.85 bits per heavy atom. The number of aliphatic hydroxyl groups excluding tert-OH is 2. The number of alkyl halides is 2. The third kappa shape index (κ3) is 5.87. The van der Waals surface area contributed by atoms with Gasteiger partial charge in [0.25, 0.3) is 5.66 Å². The van der Waals surface area contributed by atoms with Gasteiger partial charge in [0.2, 0.25) is 5.95 Å². The molecule has 1 aliphatic rings. The summed E-state index contributed by atoms with van der Waals surface area (Å²) in [7, 11) is 1.55. The Kier molecular flexibility index (Phi) is 7.79. The normalized spacial score (nSPS) is 20.4. The summed E-state index contributed by atoms with van der Waals surface area (Å²) in [6.07, 6.45) is 2.26. The minimum absolute atomic E-state index is 0.0763. The topological polar surface area (TPSA) is 116 Å². The molecule has 206 valence electrons. The summed E-state index contributed by atoms with van der Waals surface area (Å²) in [5.74, 6) is 0.762. The van der Waals surface area contributed by atoms with Crippen LogP contribution in [0.25, 0.3) is 20.8 Å². The van der Waals surface area contributed by atoms with Crippen molar-refractivity contribution in [2.24, 2.45) is 5.92 Å². The molecule has 3 heterocycles. The number of aliphatic hydroxyl groups is 2. The van der Waals surface area contributed by atoms with Gasteiger partial charge in [-0.3, -0.25) is 4.98 Å². The van der Waals surface area contributed by atoms with Gasteiger partial charge in [0.05, 0.1) is 33.8 Å². The highest BCUT2D eigenvalue weighted by Crippen LogP contribution is 2.39. The van der Waals surface area contributed by atoms with Crippen molar-refractivity contribution < 1.29 is 19.0 Å². The van der Waals surface area contributed by atoms with Crippen molar-refractivity contribution in [2.75, 3.05) is 17.2 Å². The Balaban J connectivity index is 1.49. The molecule has 39 heavy (non-hydrogen) atoms. The van der Waals surface area contributed by atoms with Gasteiger partial charge in [-0.25, -0.2) is 9.97 Å². The molecule has 0 bridgehead atoms. The Labute approximate surface area is 231 Å². The quantitative estimate of drug-likeness (QED) is 0.207. The molecule has 1 fully saturated rings. The van der Waals surface area contributed by atoms with Gasteiger partial charge in [-0.15, -0.1) is 11.3 Å². The monoisotopic (exact) mass is 572 g/mol. The molecule has 5 rings (SSSR count). The lowest BCUT2D eigenvalue weighted by Gasteiger charge is -2.20. The van der Waals surface area contributed by atoms with Crippen molar-refractivity contribution in [3.63, 3.8) is 0 Å². The smallest absolute Gasteiger partial charge is 0.283 e. The van der Waals surface area contributed by atoms with Crippen molar-refractivity contribution in [1.29, 1.82) is 0 Å². The molecular weight excluding hydrogens is 541 g/mol. The van der Waals surface area contributed by atoms with Crippen LogP contribution in [0.2, 0.25) is 0 Å². The van der Waals surface area contributed by atoms with Crippen LogP contribution in [0.15, 0.2) is 36.5 Å². The van der Waals surface area contributed by atoms with Gasteiger partial charge in [-0.2, -0.15) is 13.8 Å². The first-order valence-electron chi connectivity index (χ1n) is 12.7. The number of pyridine rings is 1. The van der Waals surface area contributed by atoms with Gasteiger partial charge in [0.1, 0.15) is 16.3 Å². The van der Waals surface area contributed by atoms with Gasteiger partial charge < -0.3 is 20.8 Å². The third-order valence-corrected chi connectivity index (χ3v) is 8.54.